The van der Waals surface area contributed by atoms with Gasteiger partial charge in [-0.1, -0.05) is 29.8 Å². The first-order valence-electron chi connectivity index (χ1n) is 6.56. The average molecular weight is 287 g/mol. The maximum absolute atomic E-state index is 9.89. The molecule has 0 amide bonds. The first-order valence-corrected chi connectivity index (χ1v) is 6.94. The van der Waals surface area contributed by atoms with Gasteiger partial charge in [0.2, 0.25) is 0 Å². The van der Waals surface area contributed by atoms with E-state index in [1.54, 1.807) is 6.07 Å². The van der Waals surface area contributed by atoms with E-state index in [1.807, 2.05) is 37.3 Å². The van der Waals surface area contributed by atoms with E-state index in [-0.39, 0.29) is 5.75 Å². The van der Waals surface area contributed by atoms with Crippen molar-refractivity contribution in [1.29, 1.82) is 0 Å². The monoisotopic (exact) mass is 286 g/mol. The highest BCUT2D eigenvalue weighted by Gasteiger charge is 2.14. The maximum Gasteiger partial charge on any atom is 0.141 e. The summed E-state index contributed by atoms with van der Waals surface area (Å²) < 4.78 is 2.07. The molecular formula is C16H15ClN2O. The molecule has 0 aliphatic heterocycles. The van der Waals surface area contributed by atoms with Gasteiger partial charge in [0.05, 0.1) is 16.1 Å². The second-order valence-corrected chi connectivity index (χ2v) is 5.20. The number of aromatic nitrogens is 2. The molecule has 0 aliphatic rings. The number of halogens is 1. The molecule has 0 saturated heterocycles. The lowest BCUT2D eigenvalue weighted by molar-refractivity contribution is 0.471. The second kappa shape index (κ2) is 4.84. The summed E-state index contributed by atoms with van der Waals surface area (Å²) in [6.45, 7) is 4.70. The van der Waals surface area contributed by atoms with E-state index in [2.05, 4.69) is 16.5 Å². The van der Waals surface area contributed by atoms with Crippen molar-refractivity contribution in [2.24, 2.45) is 0 Å². The summed E-state index contributed by atoms with van der Waals surface area (Å²) in [4.78, 5) is 4.65. The van der Waals surface area contributed by atoms with Crippen molar-refractivity contribution < 1.29 is 5.11 Å². The number of para-hydroxylation sites is 1. The summed E-state index contributed by atoms with van der Waals surface area (Å²) in [6.07, 6.45) is 0. The van der Waals surface area contributed by atoms with E-state index in [0.29, 0.717) is 5.02 Å². The molecule has 1 N–H and O–H groups in total. The van der Waals surface area contributed by atoms with Crippen molar-refractivity contribution in [3.05, 3.63) is 47.0 Å². The molecule has 3 rings (SSSR count). The lowest BCUT2D eigenvalue weighted by Gasteiger charge is -2.08. The molecule has 0 fully saturated rings. The van der Waals surface area contributed by atoms with Crippen molar-refractivity contribution in [1.82, 2.24) is 9.55 Å². The third-order valence-electron chi connectivity index (χ3n) is 3.50. The Hall–Kier alpha value is -2.00. The SMILES string of the molecule is CCn1c(-c2ccc(C)c(O)c2)nc2cccc(Cl)c21. The summed E-state index contributed by atoms with van der Waals surface area (Å²) in [7, 11) is 0. The summed E-state index contributed by atoms with van der Waals surface area (Å²) in [6, 6.07) is 11.3. The summed E-state index contributed by atoms with van der Waals surface area (Å²) >= 11 is 6.29. The predicted molar refractivity (Wildman–Crippen MR) is 82.3 cm³/mol. The fourth-order valence-electron chi connectivity index (χ4n) is 2.42. The molecule has 1 aromatic heterocycles. The van der Waals surface area contributed by atoms with Crippen molar-refractivity contribution in [3.8, 4) is 17.1 Å². The van der Waals surface area contributed by atoms with Crippen LogP contribution in [0.25, 0.3) is 22.4 Å². The topological polar surface area (TPSA) is 38.0 Å². The second-order valence-electron chi connectivity index (χ2n) is 4.79. The van der Waals surface area contributed by atoms with E-state index in [4.69, 9.17) is 11.6 Å². The Bertz CT molecular complexity index is 793. The van der Waals surface area contributed by atoms with Gasteiger partial charge in [-0.15, -0.1) is 0 Å². The lowest BCUT2D eigenvalue weighted by atomic mass is 10.1. The van der Waals surface area contributed by atoms with Crippen LogP contribution in [0.1, 0.15) is 12.5 Å². The molecule has 0 atom stereocenters. The van der Waals surface area contributed by atoms with Crippen LogP contribution in [0.15, 0.2) is 36.4 Å². The number of aryl methyl sites for hydroxylation is 2. The van der Waals surface area contributed by atoms with Gasteiger partial charge in [-0.2, -0.15) is 0 Å². The number of aromatic hydroxyl groups is 1. The van der Waals surface area contributed by atoms with Gasteiger partial charge in [-0.25, -0.2) is 4.98 Å². The lowest BCUT2D eigenvalue weighted by Crippen LogP contribution is -1.98. The highest BCUT2D eigenvalue weighted by molar-refractivity contribution is 6.35. The minimum absolute atomic E-state index is 0.281. The number of phenols is 1. The maximum atomic E-state index is 9.89. The number of phenolic OH excluding ortho intramolecular Hbond substituents is 1. The zero-order chi connectivity index (χ0) is 14.3. The Balaban J connectivity index is 2.30. The molecule has 1 heterocycles. The Morgan fingerprint density at radius 1 is 1.25 bits per heavy atom. The molecule has 3 nitrogen and oxygen atoms in total. The zero-order valence-electron chi connectivity index (χ0n) is 11.4. The number of nitrogens with zero attached hydrogens (tertiary/aromatic N) is 2. The predicted octanol–water partition coefficient (Wildman–Crippen LogP) is 4.39. The summed E-state index contributed by atoms with van der Waals surface area (Å²) in [5.41, 5.74) is 3.55. The minimum atomic E-state index is 0.281. The molecule has 0 bridgehead atoms. The van der Waals surface area contributed by atoms with Crippen LogP contribution in [-0.2, 0) is 6.54 Å². The average Bonchev–Trinajstić information content (AvgIpc) is 2.82. The first kappa shape index (κ1) is 13.0. The molecule has 0 spiro atoms. The van der Waals surface area contributed by atoms with Gasteiger partial charge in [-0.3, -0.25) is 0 Å². The fraction of sp³-hybridized carbons (Fsp3) is 0.188. The van der Waals surface area contributed by atoms with Crippen molar-refractivity contribution in [2.45, 2.75) is 20.4 Å². The van der Waals surface area contributed by atoms with Crippen LogP contribution in [-0.4, -0.2) is 14.7 Å². The molecule has 102 valence electrons. The van der Waals surface area contributed by atoms with Gasteiger partial charge < -0.3 is 9.67 Å². The third kappa shape index (κ3) is 1.95. The van der Waals surface area contributed by atoms with Crippen molar-refractivity contribution in [2.75, 3.05) is 0 Å². The first-order chi connectivity index (χ1) is 9.61. The van der Waals surface area contributed by atoms with Gasteiger partial charge in [-0.05, 0) is 37.6 Å². The Morgan fingerprint density at radius 3 is 2.75 bits per heavy atom. The van der Waals surface area contributed by atoms with Gasteiger partial charge >= 0.3 is 0 Å². The molecule has 4 heteroatoms. The molecule has 0 unspecified atom stereocenters. The van der Waals surface area contributed by atoms with Gasteiger partial charge in [0, 0.05) is 12.1 Å². The van der Waals surface area contributed by atoms with E-state index in [9.17, 15) is 5.11 Å². The number of benzene rings is 2. The highest BCUT2D eigenvalue weighted by Crippen LogP contribution is 2.31. The third-order valence-corrected chi connectivity index (χ3v) is 3.81. The molecule has 0 saturated carbocycles. The number of hydrogen-bond acceptors (Lipinski definition) is 2. The molecular weight excluding hydrogens is 272 g/mol. The van der Waals surface area contributed by atoms with Gasteiger partial charge in [0.1, 0.15) is 11.6 Å². The van der Waals surface area contributed by atoms with Crippen LogP contribution in [0.5, 0.6) is 5.75 Å². The standard InChI is InChI=1S/C16H15ClN2O/c1-3-19-15-12(17)5-4-6-13(15)18-16(19)11-8-7-10(2)14(20)9-11/h4-9,20H,3H2,1-2H3. The smallest absolute Gasteiger partial charge is 0.141 e. The van der Waals surface area contributed by atoms with Crippen LogP contribution >= 0.6 is 11.6 Å². The van der Waals surface area contributed by atoms with Gasteiger partial charge in [0.25, 0.3) is 0 Å². The van der Waals surface area contributed by atoms with Crippen molar-refractivity contribution in [3.63, 3.8) is 0 Å². The molecule has 3 aromatic rings. The Kier molecular flexibility index (Phi) is 3.14. The summed E-state index contributed by atoms with van der Waals surface area (Å²) in [5.74, 6) is 1.11. The van der Waals surface area contributed by atoms with Crippen molar-refractivity contribution >= 4 is 22.6 Å². The minimum Gasteiger partial charge on any atom is -0.508 e. The molecule has 2 aromatic carbocycles. The van der Waals surface area contributed by atoms with Crippen LogP contribution < -0.4 is 0 Å². The van der Waals surface area contributed by atoms with Gasteiger partial charge in [0.15, 0.2) is 0 Å². The Morgan fingerprint density at radius 2 is 2.05 bits per heavy atom. The van der Waals surface area contributed by atoms with Crippen LogP contribution in [0.3, 0.4) is 0 Å². The number of hydrogen-bond donors (Lipinski definition) is 1. The molecule has 0 aliphatic carbocycles. The highest BCUT2D eigenvalue weighted by atomic mass is 35.5. The zero-order valence-corrected chi connectivity index (χ0v) is 12.1. The largest absolute Gasteiger partial charge is 0.508 e. The van der Waals surface area contributed by atoms with E-state index in [1.165, 1.54) is 0 Å². The normalized spacial score (nSPS) is 11.2. The fourth-order valence-corrected chi connectivity index (χ4v) is 2.69. The van der Waals surface area contributed by atoms with Crippen LogP contribution in [0.4, 0.5) is 0 Å². The number of imidazole rings is 1. The van der Waals surface area contributed by atoms with E-state index < -0.39 is 0 Å². The summed E-state index contributed by atoms with van der Waals surface area (Å²) in [5, 5.41) is 10.6. The number of fused-ring (bicyclic) bond motifs is 1. The van der Waals surface area contributed by atoms with Crippen LogP contribution in [0, 0.1) is 6.92 Å². The molecule has 20 heavy (non-hydrogen) atoms. The quantitative estimate of drug-likeness (QED) is 0.759. The molecule has 0 radical (unpaired) electrons. The van der Waals surface area contributed by atoms with E-state index >= 15 is 0 Å². The van der Waals surface area contributed by atoms with Crippen LogP contribution in [0.2, 0.25) is 5.02 Å². The van der Waals surface area contributed by atoms with E-state index in [0.717, 1.165) is 34.5 Å². The Labute approximate surface area is 122 Å². The number of rotatable bonds is 2.